The molecule has 0 aliphatic carbocycles. The van der Waals surface area contributed by atoms with E-state index >= 15 is 0 Å². The molecule has 0 bridgehead atoms. The highest BCUT2D eigenvalue weighted by molar-refractivity contribution is 5.43. The molecule has 0 radical (unpaired) electrons. The Bertz CT molecular complexity index is 760. The summed E-state index contributed by atoms with van der Waals surface area (Å²) in [6.07, 6.45) is -5.90. The van der Waals surface area contributed by atoms with Crippen LogP contribution in [0.1, 0.15) is 49.8 Å². The van der Waals surface area contributed by atoms with Crippen LogP contribution >= 0.6 is 0 Å². The van der Waals surface area contributed by atoms with Gasteiger partial charge in [-0.2, -0.15) is 8.78 Å². The molecule has 0 N–H and O–H groups in total. The largest absolute Gasteiger partial charge is 0.491 e. The van der Waals surface area contributed by atoms with Gasteiger partial charge in [-0.3, -0.25) is 0 Å². The molecule has 0 heterocycles. The molecule has 0 saturated heterocycles. The van der Waals surface area contributed by atoms with Gasteiger partial charge in [0.15, 0.2) is 11.6 Å². The summed E-state index contributed by atoms with van der Waals surface area (Å²) in [5.41, 5.74) is 0.560. The van der Waals surface area contributed by atoms with Crippen LogP contribution in [0.3, 0.4) is 0 Å². The summed E-state index contributed by atoms with van der Waals surface area (Å²) in [7, 11) is 0. The fourth-order valence-corrected chi connectivity index (χ4v) is 2.78. The van der Waals surface area contributed by atoms with Gasteiger partial charge in [0.25, 0.3) is 6.43 Å². The van der Waals surface area contributed by atoms with E-state index in [2.05, 4.69) is 4.74 Å². The van der Waals surface area contributed by atoms with Crippen molar-refractivity contribution in [1.82, 2.24) is 0 Å². The van der Waals surface area contributed by atoms with Crippen LogP contribution in [0.5, 0.6) is 11.5 Å². The quantitative estimate of drug-likeness (QED) is 0.411. The first kappa shape index (κ1) is 22.0. The number of halogens is 5. The summed E-state index contributed by atoms with van der Waals surface area (Å²) in [6, 6.07) is 9.12. The molecule has 0 aliphatic heterocycles. The van der Waals surface area contributed by atoms with Crippen LogP contribution in [-0.4, -0.2) is 12.7 Å². The van der Waals surface area contributed by atoms with E-state index in [-0.39, 0.29) is 13.0 Å². The third kappa shape index (κ3) is 5.84. The highest BCUT2D eigenvalue weighted by atomic mass is 19.3. The number of aryl methyl sites for hydroxylation is 2. The summed E-state index contributed by atoms with van der Waals surface area (Å²) in [4.78, 5) is 0. The Morgan fingerprint density at radius 3 is 2.00 bits per heavy atom. The molecule has 0 unspecified atom stereocenters. The molecule has 0 spiro atoms. The second-order valence-corrected chi connectivity index (χ2v) is 6.33. The molecule has 0 aliphatic rings. The van der Waals surface area contributed by atoms with Crippen LogP contribution in [0.2, 0.25) is 0 Å². The molecule has 0 atom stereocenters. The zero-order valence-corrected chi connectivity index (χ0v) is 15.8. The van der Waals surface area contributed by atoms with E-state index in [1.54, 1.807) is 19.1 Å². The van der Waals surface area contributed by atoms with Gasteiger partial charge in [-0.1, -0.05) is 37.6 Å². The lowest BCUT2D eigenvalue weighted by atomic mass is 10.0. The lowest BCUT2D eigenvalue weighted by Crippen LogP contribution is -2.26. The second kappa shape index (κ2) is 9.75. The van der Waals surface area contributed by atoms with Gasteiger partial charge in [0.1, 0.15) is 5.75 Å². The monoisotopic (exact) mass is 402 g/mol. The predicted octanol–water partition coefficient (Wildman–Crippen LogP) is 6.72. The number of rotatable bonds is 10. The third-order valence-corrected chi connectivity index (χ3v) is 4.15. The minimum absolute atomic E-state index is 0.0110. The van der Waals surface area contributed by atoms with E-state index in [4.69, 9.17) is 4.74 Å². The zero-order valence-electron chi connectivity index (χ0n) is 15.8. The van der Waals surface area contributed by atoms with Gasteiger partial charge in [0.2, 0.25) is 0 Å². The van der Waals surface area contributed by atoms with E-state index in [1.807, 2.05) is 19.1 Å². The summed E-state index contributed by atoms with van der Waals surface area (Å²) in [5, 5.41) is 0. The minimum atomic E-state index is -3.73. The molecule has 2 aromatic rings. The smallest absolute Gasteiger partial charge is 0.398 e. The van der Waals surface area contributed by atoms with Crippen molar-refractivity contribution < 1.29 is 31.4 Å². The number of benzene rings is 2. The van der Waals surface area contributed by atoms with Gasteiger partial charge in [0, 0.05) is 0 Å². The van der Waals surface area contributed by atoms with Crippen molar-refractivity contribution >= 4 is 0 Å². The van der Waals surface area contributed by atoms with Crippen LogP contribution in [0.4, 0.5) is 22.0 Å². The molecule has 2 nitrogen and oxygen atoms in total. The number of hydrogen-bond donors (Lipinski definition) is 0. The highest BCUT2D eigenvalue weighted by Gasteiger charge is 2.34. The van der Waals surface area contributed by atoms with Crippen molar-refractivity contribution in [3.63, 3.8) is 0 Å². The highest BCUT2D eigenvalue weighted by Crippen LogP contribution is 2.39. The SMILES string of the molecule is CCCc1ccc(CCC(F)(F)Oc2ccc(OCC)c(F)c2C(F)F)cc1. The molecule has 154 valence electrons. The maximum atomic E-state index is 14.2. The summed E-state index contributed by atoms with van der Waals surface area (Å²) in [5.74, 6) is -2.71. The molecule has 0 aromatic heterocycles. The first-order valence-electron chi connectivity index (χ1n) is 9.15. The Balaban J connectivity index is 2.11. The van der Waals surface area contributed by atoms with E-state index < -0.39 is 41.8 Å². The molecule has 0 saturated carbocycles. The van der Waals surface area contributed by atoms with Crippen molar-refractivity contribution in [3.8, 4) is 11.5 Å². The van der Waals surface area contributed by atoms with Crippen molar-refractivity contribution in [3.05, 3.63) is 58.9 Å². The topological polar surface area (TPSA) is 18.5 Å². The number of alkyl halides is 4. The van der Waals surface area contributed by atoms with Crippen LogP contribution in [0, 0.1) is 5.82 Å². The van der Waals surface area contributed by atoms with Gasteiger partial charge < -0.3 is 9.47 Å². The molecule has 7 heteroatoms. The molecule has 2 rings (SSSR count). The lowest BCUT2D eigenvalue weighted by Gasteiger charge is -2.21. The van der Waals surface area contributed by atoms with Gasteiger partial charge in [-0.15, -0.1) is 0 Å². The average Bonchev–Trinajstić information content (AvgIpc) is 2.63. The fourth-order valence-electron chi connectivity index (χ4n) is 2.78. The van der Waals surface area contributed by atoms with Gasteiger partial charge in [-0.25, -0.2) is 13.2 Å². The molecule has 0 amide bonds. The Labute approximate surface area is 161 Å². The van der Waals surface area contributed by atoms with Gasteiger partial charge in [0.05, 0.1) is 18.6 Å². The van der Waals surface area contributed by atoms with E-state index in [1.165, 1.54) is 0 Å². The molecular formula is C21H23F5O2. The van der Waals surface area contributed by atoms with Crippen molar-refractivity contribution in [2.45, 2.75) is 52.1 Å². The van der Waals surface area contributed by atoms with Crippen molar-refractivity contribution in [2.24, 2.45) is 0 Å². The lowest BCUT2D eigenvalue weighted by molar-refractivity contribution is -0.181. The second-order valence-electron chi connectivity index (χ2n) is 6.33. The van der Waals surface area contributed by atoms with Gasteiger partial charge >= 0.3 is 6.11 Å². The van der Waals surface area contributed by atoms with Crippen LogP contribution in [-0.2, 0) is 12.8 Å². The standard InChI is InChI=1S/C21H23F5O2/c1-3-5-14-6-8-15(9-7-14)12-13-21(25,26)28-16-10-11-17(27-4-2)19(22)18(16)20(23)24/h6-11,20H,3-5,12-13H2,1-2H3. The molecule has 0 fully saturated rings. The van der Waals surface area contributed by atoms with Gasteiger partial charge in [-0.05, 0) is 43.0 Å². The average molecular weight is 402 g/mol. The normalized spacial score (nSPS) is 11.7. The van der Waals surface area contributed by atoms with E-state index in [0.29, 0.717) is 5.56 Å². The Hall–Kier alpha value is -2.31. The summed E-state index contributed by atoms with van der Waals surface area (Å²) < 4.78 is 78.4. The Morgan fingerprint density at radius 2 is 1.46 bits per heavy atom. The maximum absolute atomic E-state index is 14.2. The van der Waals surface area contributed by atoms with Crippen molar-refractivity contribution in [1.29, 1.82) is 0 Å². The van der Waals surface area contributed by atoms with E-state index in [0.717, 1.165) is 30.5 Å². The fraction of sp³-hybridized carbons (Fsp3) is 0.429. The van der Waals surface area contributed by atoms with Crippen LogP contribution < -0.4 is 9.47 Å². The first-order valence-corrected chi connectivity index (χ1v) is 9.15. The molecule has 2 aromatic carbocycles. The maximum Gasteiger partial charge on any atom is 0.398 e. The first-order chi connectivity index (χ1) is 13.3. The summed E-state index contributed by atoms with van der Waals surface area (Å²) in [6.45, 7) is 3.64. The predicted molar refractivity (Wildman–Crippen MR) is 96.9 cm³/mol. The van der Waals surface area contributed by atoms with E-state index in [9.17, 15) is 22.0 Å². The van der Waals surface area contributed by atoms with Crippen molar-refractivity contribution in [2.75, 3.05) is 6.61 Å². The minimum Gasteiger partial charge on any atom is -0.491 e. The summed E-state index contributed by atoms with van der Waals surface area (Å²) >= 11 is 0. The molecule has 28 heavy (non-hydrogen) atoms. The Morgan fingerprint density at radius 1 is 0.893 bits per heavy atom. The molecular weight excluding hydrogens is 379 g/mol. The number of hydrogen-bond acceptors (Lipinski definition) is 2. The third-order valence-electron chi connectivity index (χ3n) is 4.15. The Kier molecular flexibility index (Phi) is 7.66. The zero-order chi connectivity index (χ0) is 20.7. The van der Waals surface area contributed by atoms with Crippen LogP contribution in [0.15, 0.2) is 36.4 Å². The number of ether oxygens (including phenoxy) is 2. The van der Waals surface area contributed by atoms with Crippen LogP contribution in [0.25, 0.3) is 0 Å².